The molecule has 0 spiro atoms. The number of carbonyl (C=O) groups is 2. The molecular weight excluding hydrogens is 292 g/mol. The van der Waals surface area contributed by atoms with Crippen molar-refractivity contribution in [1.82, 2.24) is 9.88 Å². The van der Waals surface area contributed by atoms with Crippen molar-refractivity contribution >= 4 is 27.8 Å². The number of aromatic nitrogens is 1. The molecule has 0 aromatic carbocycles. The lowest BCUT2D eigenvalue weighted by Gasteiger charge is -2.11. The number of nitrogens with zero attached hydrogens (tertiary/aromatic N) is 1. The first-order chi connectivity index (χ1) is 7.95. The summed E-state index contributed by atoms with van der Waals surface area (Å²) in [5, 5.41) is 11.2. The molecule has 1 atom stereocenters. The Labute approximate surface area is 107 Å². The van der Waals surface area contributed by atoms with E-state index in [2.05, 4.69) is 21.2 Å². The summed E-state index contributed by atoms with van der Waals surface area (Å²) in [6.07, 6.45) is 0.697. The van der Waals surface area contributed by atoms with Gasteiger partial charge in [-0.3, -0.25) is 4.79 Å². The maximum atomic E-state index is 11.7. The van der Waals surface area contributed by atoms with Crippen LogP contribution in [0.15, 0.2) is 16.7 Å². The predicted octanol–water partition coefficient (Wildman–Crippen LogP) is 0.617. The van der Waals surface area contributed by atoms with Crippen LogP contribution in [-0.4, -0.2) is 41.3 Å². The highest BCUT2D eigenvalue weighted by Gasteiger charge is 2.18. The summed E-state index contributed by atoms with van der Waals surface area (Å²) in [5.74, 6) is -1.46. The van der Waals surface area contributed by atoms with Gasteiger partial charge in [0.15, 0.2) is 6.10 Å². The van der Waals surface area contributed by atoms with Crippen molar-refractivity contribution < 1.29 is 19.4 Å². The Morgan fingerprint density at radius 1 is 1.65 bits per heavy atom. The highest BCUT2D eigenvalue weighted by Crippen LogP contribution is 2.13. The van der Waals surface area contributed by atoms with Crippen LogP contribution in [-0.2, 0) is 16.6 Å². The van der Waals surface area contributed by atoms with Crippen molar-refractivity contribution in [2.45, 2.75) is 6.10 Å². The molecule has 1 unspecified atom stereocenters. The van der Waals surface area contributed by atoms with Crippen LogP contribution < -0.4 is 5.32 Å². The van der Waals surface area contributed by atoms with Gasteiger partial charge >= 0.3 is 5.97 Å². The van der Waals surface area contributed by atoms with E-state index >= 15 is 0 Å². The second kappa shape index (κ2) is 5.83. The molecule has 17 heavy (non-hydrogen) atoms. The second-order valence-electron chi connectivity index (χ2n) is 3.43. The van der Waals surface area contributed by atoms with E-state index in [9.17, 15) is 9.59 Å². The van der Waals surface area contributed by atoms with Crippen LogP contribution in [0, 0.1) is 0 Å². The summed E-state index contributed by atoms with van der Waals surface area (Å²) in [7, 11) is 3.01. The number of halogens is 1. The Hall–Kier alpha value is -1.34. The summed E-state index contributed by atoms with van der Waals surface area (Å²) >= 11 is 3.25. The van der Waals surface area contributed by atoms with E-state index in [1.165, 1.54) is 7.11 Å². The van der Waals surface area contributed by atoms with Crippen LogP contribution in [0.5, 0.6) is 0 Å². The maximum Gasteiger partial charge on any atom is 0.334 e. The standard InChI is InChI=1S/C10H13BrN2O4/c1-13-5-6(11)3-7(13)9(14)12-4-8(17-2)10(15)16/h3,5,8H,4H2,1-2H3,(H,12,14)(H,15,16). The smallest absolute Gasteiger partial charge is 0.334 e. The Kier molecular flexibility index (Phi) is 4.71. The SMILES string of the molecule is COC(CNC(=O)c1cc(Br)cn1C)C(=O)O. The number of rotatable bonds is 5. The van der Waals surface area contributed by atoms with Gasteiger partial charge < -0.3 is 19.7 Å². The lowest BCUT2D eigenvalue weighted by atomic mass is 10.3. The van der Waals surface area contributed by atoms with Crippen LogP contribution >= 0.6 is 15.9 Å². The van der Waals surface area contributed by atoms with Gasteiger partial charge in [0.1, 0.15) is 5.69 Å². The monoisotopic (exact) mass is 304 g/mol. The third-order valence-electron chi connectivity index (χ3n) is 2.21. The number of aliphatic carboxylic acids is 1. The maximum absolute atomic E-state index is 11.7. The zero-order valence-corrected chi connectivity index (χ0v) is 11.0. The molecule has 0 fully saturated rings. The molecule has 2 N–H and O–H groups in total. The van der Waals surface area contributed by atoms with Gasteiger partial charge in [0, 0.05) is 24.8 Å². The number of carboxylic acids is 1. The fraction of sp³-hybridized carbons (Fsp3) is 0.400. The quantitative estimate of drug-likeness (QED) is 0.835. The van der Waals surface area contributed by atoms with Gasteiger partial charge in [-0.25, -0.2) is 4.79 Å². The molecule has 0 aliphatic carbocycles. The van der Waals surface area contributed by atoms with E-state index in [0.29, 0.717) is 5.69 Å². The Morgan fingerprint density at radius 2 is 2.29 bits per heavy atom. The molecule has 0 aliphatic heterocycles. The molecule has 6 nitrogen and oxygen atoms in total. The first kappa shape index (κ1) is 13.7. The summed E-state index contributed by atoms with van der Waals surface area (Å²) < 4.78 is 7.13. The zero-order valence-electron chi connectivity index (χ0n) is 9.44. The fourth-order valence-electron chi connectivity index (χ4n) is 1.30. The molecule has 1 rings (SSSR count). The number of carbonyl (C=O) groups excluding carboxylic acids is 1. The number of methoxy groups -OCH3 is 1. The zero-order chi connectivity index (χ0) is 13.0. The molecule has 0 aliphatic rings. The normalized spacial score (nSPS) is 12.2. The first-order valence-electron chi connectivity index (χ1n) is 4.81. The molecule has 0 saturated heterocycles. The van der Waals surface area contributed by atoms with E-state index in [-0.39, 0.29) is 12.5 Å². The third kappa shape index (κ3) is 3.57. The van der Waals surface area contributed by atoms with Crippen LogP contribution in [0.1, 0.15) is 10.5 Å². The van der Waals surface area contributed by atoms with Crippen LogP contribution in [0.25, 0.3) is 0 Å². The summed E-state index contributed by atoms with van der Waals surface area (Å²) in [6, 6.07) is 1.65. The molecule has 1 aromatic rings. The van der Waals surface area contributed by atoms with Gasteiger partial charge in [0.2, 0.25) is 0 Å². The van der Waals surface area contributed by atoms with Crippen molar-refractivity contribution in [3.8, 4) is 0 Å². The highest BCUT2D eigenvalue weighted by atomic mass is 79.9. The molecule has 0 bridgehead atoms. The van der Waals surface area contributed by atoms with Crippen molar-refractivity contribution in [2.75, 3.05) is 13.7 Å². The number of aryl methyl sites for hydroxylation is 1. The van der Waals surface area contributed by atoms with Crippen LogP contribution in [0.4, 0.5) is 0 Å². The van der Waals surface area contributed by atoms with Crippen LogP contribution in [0.3, 0.4) is 0 Å². The first-order valence-corrected chi connectivity index (χ1v) is 5.60. The van der Waals surface area contributed by atoms with E-state index < -0.39 is 12.1 Å². The van der Waals surface area contributed by atoms with Gasteiger partial charge in [-0.1, -0.05) is 0 Å². The average Bonchev–Trinajstić information content (AvgIpc) is 2.58. The summed E-state index contributed by atoms with van der Waals surface area (Å²) in [4.78, 5) is 22.4. The number of carboxylic acid groups (broad SMARTS) is 1. The minimum Gasteiger partial charge on any atom is -0.479 e. The van der Waals surface area contributed by atoms with E-state index in [4.69, 9.17) is 9.84 Å². The van der Waals surface area contributed by atoms with Gasteiger partial charge in [-0.15, -0.1) is 0 Å². The molecule has 1 heterocycles. The largest absolute Gasteiger partial charge is 0.479 e. The molecule has 0 saturated carbocycles. The van der Waals surface area contributed by atoms with Crippen molar-refractivity contribution in [2.24, 2.45) is 7.05 Å². The lowest BCUT2D eigenvalue weighted by molar-refractivity contribution is -0.148. The number of hydrogen-bond acceptors (Lipinski definition) is 3. The molecule has 1 amide bonds. The van der Waals surface area contributed by atoms with E-state index in [1.54, 1.807) is 23.9 Å². The average molecular weight is 305 g/mol. The summed E-state index contributed by atoms with van der Waals surface area (Å²) in [6.45, 7) is -0.0759. The van der Waals surface area contributed by atoms with Gasteiger partial charge in [0.25, 0.3) is 5.91 Å². The van der Waals surface area contributed by atoms with Gasteiger partial charge in [0.05, 0.1) is 6.54 Å². The Bertz CT molecular complexity index is 430. The third-order valence-corrected chi connectivity index (χ3v) is 2.65. The van der Waals surface area contributed by atoms with E-state index in [1.807, 2.05) is 0 Å². The van der Waals surface area contributed by atoms with E-state index in [0.717, 1.165) is 4.47 Å². The minimum atomic E-state index is -1.11. The predicted molar refractivity (Wildman–Crippen MR) is 63.9 cm³/mol. The topological polar surface area (TPSA) is 80.6 Å². The number of hydrogen-bond donors (Lipinski definition) is 2. The van der Waals surface area contributed by atoms with Crippen molar-refractivity contribution in [3.63, 3.8) is 0 Å². The summed E-state index contributed by atoms with van der Waals surface area (Å²) in [5.41, 5.74) is 0.442. The fourth-order valence-corrected chi connectivity index (χ4v) is 1.82. The van der Waals surface area contributed by atoms with Crippen molar-refractivity contribution in [1.29, 1.82) is 0 Å². The molecule has 1 aromatic heterocycles. The molecular formula is C10H13BrN2O4. The van der Waals surface area contributed by atoms with Crippen LogP contribution in [0.2, 0.25) is 0 Å². The highest BCUT2D eigenvalue weighted by molar-refractivity contribution is 9.10. The van der Waals surface area contributed by atoms with Gasteiger partial charge in [-0.05, 0) is 22.0 Å². The number of nitrogens with one attached hydrogen (secondary N) is 1. The molecule has 0 radical (unpaired) electrons. The minimum absolute atomic E-state index is 0.0759. The number of ether oxygens (including phenoxy) is 1. The Balaban J connectivity index is 2.61. The number of amides is 1. The molecule has 94 valence electrons. The molecule has 7 heteroatoms. The Morgan fingerprint density at radius 3 is 2.71 bits per heavy atom. The van der Waals surface area contributed by atoms with Gasteiger partial charge in [-0.2, -0.15) is 0 Å². The van der Waals surface area contributed by atoms with Crippen molar-refractivity contribution in [3.05, 3.63) is 22.4 Å². The lowest BCUT2D eigenvalue weighted by Crippen LogP contribution is -2.38. The second-order valence-corrected chi connectivity index (χ2v) is 4.34.